The summed E-state index contributed by atoms with van der Waals surface area (Å²) in [6, 6.07) is 4.64. The van der Waals surface area contributed by atoms with Crippen molar-refractivity contribution in [1.29, 1.82) is 0 Å². The Morgan fingerprint density at radius 3 is 2.38 bits per heavy atom. The fourth-order valence-corrected chi connectivity index (χ4v) is 3.52. The molecule has 0 amide bonds. The molecular formula is C20H32N2O2. The molecule has 1 aromatic rings. The molecule has 4 heteroatoms. The van der Waals surface area contributed by atoms with Crippen molar-refractivity contribution in [2.75, 3.05) is 19.6 Å². The lowest BCUT2D eigenvalue weighted by atomic mass is 9.84. The Hall–Kier alpha value is -1.39. The van der Waals surface area contributed by atoms with Crippen molar-refractivity contribution in [3.8, 4) is 0 Å². The minimum atomic E-state index is -0.792. The van der Waals surface area contributed by atoms with Crippen molar-refractivity contribution in [2.24, 2.45) is 0 Å². The molecule has 0 saturated carbocycles. The van der Waals surface area contributed by atoms with Crippen LogP contribution >= 0.6 is 0 Å². The fraction of sp³-hybridized carbons (Fsp3) is 0.650. The average Bonchev–Trinajstić information content (AvgIpc) is 2.81. The highest BCUT2D eigenvalue weighted by atomic mass is 16.4. The van der Waals surface area contributed by atoms with Gasteiger partial charge in [0, 0.05) is 25.2 Å². The van der Waals surface area contributed by atoms with Gasteiger partial charge in [0.2, 0.25) is 0 Å². The Kier molecular flexibility index (Phi) is 5.41. The summed E-state index contributed by atoms with van der Waals surface area (Å²) in [7, 11) is 0. The second kappa shape index (κ2) is 6.85. The standard InChI is InChI=1S/C20H32N2O2/c1-14-9-16(19(3,4)5)10-15(2)17(14)12-22-8-7-20(6,13-22)21-11-18(23)24/h9-10,21H,7-8,11-13H2,1-6H3,(H,23,24). The predicted octanol–water partition coefficient (Wildman–Crippen LogP) is 3.24. The second-order valence-electron chi connectivity index (χ2n) is 8.61. The molecule has 1 atom stereocenters. The molecular weight excluding hydrogens is 300 g/mol. The largest absolute Gasteiger partial charge is 0.480 e. The number of aliphatic carboxylic acids is 1. The molecule has 1 saturated heterocycles. The van der Waals surface area contributed by atoms with Gasteiger partial charge in [0.25, 0.3) is 0 Å². The highest BCUT2D eigenvalue weighted by Crippen LogP contribution is 2.29. The first-order chi connectivity index (χ1) is 11.0. The third-order valence-electron chi connectivity index (χ3n) is 5.16. The van der Waals surface area contributed by atoms with Crippen LogP contribution in [0.3, 0.4) is 0 Å². The number of benzene rings is 1. The van der Waals surface area contributed by atoms with Crippen LogP contribution in [0.4, 0.5) is 0 Å². The smallest absolute Gasteiger partial charge is 0.317 e. The maximum Gasteiger partial charge on any atom is 0.317 e. The quantitative estimate of drug-likeness (QED) is 0.869. The maximum absolute atomic E-state index is 10.8. The van der Waals surface area contributed by atoms with E-state index in [2.05, 4.69) is 63.9 Å². The van der Waals surface area contributed by atoms with Crippen molar-refractivity contribution < 1.29 is 9.90 Å². The molecule has 0 spiro atoms. The number of rotatable bonds is 5. The molecule has 2 rings (SSSR count). The Morgan fingerprint density at radius 1 is 1.29 bits per heavy atom. The van der Waals surface area contributed by atoms with Gasteiger partial charge in [0.1, 0.15) is 0 Å². The van der Waals surface area contributed by atoms with Gasteiger partial charge in [-0.1, -0.05) is 32.9 Å². The van der Waals surface area contributed by atoms with E-state index in [0.717, 1.165) is 26.1 Å². The van der Waals surface area contributed by atoms with Gasteiger partial charge >= 0.3 is 5.97 Å². The molecule has 134 valence electrons. The highest BCUT2D eigenvalue weighted by molar-refractivity contribution is 5.69. The fourth-order valence-electron chi connectivity index (χ4n) is 3.52. The summed E-state index contributed by atoms with van der Waals surface area (Å²) in [5, 5.41) is 12.1. The van der Waals surface area contributed by atoms with Crippen LogP contribution in [0.1, 0.15) is 56.4 Å². The monoisotopic (exact) mass is 332 g/mol. The number of carbonyl (C=O) groups is 1. The summed E-state index contributed by atoms with van der Waals surface area (Å²) in [5.74, 6) is -0.792. The van der Waals surface area contributed by atoms with E-state index in [4.69, 9.17) is 5.11 Å². The first-order valence-corrected chi connectivity index (χ1v) is 8.80. The van der Waals surface area contributed by atoms with Gasteiger partial charge in [-0.3, -0.25) is 9.69 Å². The number of carboxylic acid groups (broad SMARTS) is 1. The van der Waals surface area contributed by atoms with Crippen molar-refractivity contribution in [1.82, 2.24) is 10.2 Å². The first kappa shape index (κ1) is 18.9. The zero-order chi connectivity index (χ0) is 18.1. The lowest BCUT2D eigenvalue weighted by Gasteiger charge is -2.27. The summed E-state index contributed by atoms with van der Waals surface area (Å²) in [6.07, 6.45) is 0.985. The van der Waals surface area contributed by atoms with Crippen LogP contribution < -0.4 is 5.32 Å². The predicted molar refractivity (Wildman–Crippen MR) is 98.6 cm³/mol. The van der Waals surface area contributed by atoms with Crippen molar-refractivity contribution in [3.63, 3.8) is 0 Å². The SMILES string of the molecule is Cc1cc(C(C)(C)C)cc(C)c1CN1CCC(C)(NCC(=O)O)C1. The number of carboxylic acids is 1. The van der Waals surface area contributed by atoms with E-state index < -0.39 is 5.97 Å². The van der Waals surface area contributed by atoms with E-state index in [0.29, 0.717) is 0 Å². The van der Waals surface area contributed by atoms with Crippen LogP contribution in [-0.2, 0) is 16.8 Å². The molecule has 4 nitrogen and oxygen atoms in total. The van der Waals surface area contributed by atoms with Gasteiger partial charge < -0.3 is 10.4 Å². The van der Waals surface area contributed by atoms with E-state index in [1.54, 1.807) is 0 Å². The van der Waals surface area contributed by atoms with Crippen LogP contribution in [0.25, 0.3) is 0 Å². The molecule has 24 heavy (non-hydrogen) atoms. The zero-order valence-corrected chi connectivity index (χ0v) is 16.0. The van der Waals surface area contributed by atoms with Gasteiger partial charge in [0.05, 0.1) is 6.54 Å². The summed E-state index contributed by atoms with van der Waals surface area (Å²) < 4.78 is 0. The highest BCUT2D eigenvalue weighted by Gasteiger charge is 2.34. The number of aryl methyl sites for hydroxylation is 2. The molecule has 0 aliphatic carbocycles. The van der Waals surface area contributed by atoms with E-state index in [9.17, 15) is 4.79 Å². The lowest BCUT2D eigenvalue weighted by molar-refractivity contribution is -0.136. The molecule has 1 aliphatic heterocycles. The molecule has 1 aliphatic rings. The third-order valence-corrected chi connectivity index (χ3v) is 5.16. The van der Waals surface area contributed by atoms with E-state index in [1.807, 2.05) is 0 Å². The normalized spacial score (nSPS) is 22.1. The summed E-state index contributed by atoms with van der Waals surface area (Å²) in [4.78, 5) is 13.2. The number of hydrogen-bond acceptors (Lipinski definition) is 3. The van der Waals surface area contributed by atoms with Crippen LogP contribution in [0, 0.1) is 13.8 Å². The van der Waals surface area contributed by atoms with Crippen LogP contribution in [-0.4, -0.2) is 41.1 Å². The zero-order valence-electron chi connectivity index (χ0n) is 16.0. The van der Waals surface area contributed by atoms with Gasteiger partial charge in [-0.05, 0) is 54.9 Å². The van der Waals surface area contributed by atoms with Gasteiger partial charge in [-0.15, -0.1) is 0 Å². The minimum Gasteiger partial charge on any atom is -0.480 e. The van der Waals surface area contributed by atoms with Gasteiger partial charge in [0.15, 0.2) is 0 Å². The Morgan fingerprint density at radius 2 is 1.88 bits per heavy atom. The summed E-state index contributed by atoms with van der Waals surface area (Å²) in [5.41, 5.74) is 5.56. The number of nitrogens with one attached hydrogen (secondary N) is 1. The van der Waals surface area contributed by atoms with Gasteiger partial charge in [-0.25, -0.2) is 0 Å². The van der Waals surface area contributed by atoms with E-state index in [-0.39, 0.29) is 17.5 Å². The van der Waals surface area contributed by atoms with Crippen LogP contribution in [0.5, 0.6) is 0 Å². The molecule has 0 radical (unpaired) electrons. The molecule has 0 bridgehead atoms. The molecule has 1 fully saturated rings. The number of likely N-dealkylation sites (tertiary alicyclic amines) is 1. The molecule has 0 aromatic heterocycles. The molecule has 1 heterocycles. The summed E-state index contributed by atoms with van der Waals surface area (Å²) >= 11 is 0. The maximum atomic E-state index is 10.8. The van der Waals surface area contributed by atoms with E-state index >= 15 is 0 Å². The average molecular weight is 332 g/mol. The van der Waals surface area contributed by atoms with Crippen LogP contribution in [0.2, 0.25) is 0 Å². The molecule has 1 unspecified atom stereocenters. The lowest BCUT2D eigenvalue weighted by Crippen LogP contribution is -2.46. The third kappa shape index (κ3) is 4.58. The van der Waals surface area contributed by atoms with Crippen LogP contribution in [0.15, 0.2) is 12.1 Å². The van der Waals surface area contributed by atoms with E-state index in [1.165, 1.54) is 22.3 Å². The first-order valence-electron chi connectivity index (χ1n) is 8.80. The molecule has 1 aromatic carbocycles. The van der Waals surface area contributed by atoms with Crippen molar-refractivity contribution >= 4 is 5.97 Å². The topological polar surface area (TPSA) is 52.6 Å². The molecule has 2 N–H and O–H groups in total. The minimum absolute atomic E-state index is 0.0304. The van der Waals surface area contributed by atoms with Crippen molar-refractivity contribution in [3.05, 3.63) is 34.4 Å². The van der Waals surface area contributed by atoms with Crippen molar-refractivity contribution in [2.45, 2.75) is 65.5 Å². The Labute approximate surface area is 146 Å². The Balaban J connectivity index is 2.08. The Bertz CT molecular complexity index is 596. The number of nitrogens with zero attached hydrogens (tertiary/aromatic N) is 1. The summed E-state index contributed by atoms with van der Waals surface area (Å²) in [6.45, 7) is 16.1. The number of hydrogen-bond donors (Lipinski definition) is 2. The van der Waals surface area contributed by atoms with Gasteiger partial charge in [-0.2, -0.15) is 0 Å². The second-order valence-corrected chi connectivity index (χ2v) is 8.61.